The van der Waals surface area contributed by atoms with Crippen LogP contribution in [0.4, 0.5) is 0 Å². The van der Waals surface area contributed by atoms with E-state index >= 15 is 0 Å². The Kier molecular flexibility index (Phi) is 8.02. The molecule has 1 N–H and O–H groups in total. The highest BCUT2D eigenvalue weighted by Crippen LogP contribution is 2.36. The third-order valence-electron chi connectivity index (χ3n) is 3.89. The van der Waals surface area contributed by atoms with Crippen LogP contribution >= 0.6 is 0 Å². The lowest BCUT2D eigenvalue weighted by Crippen LogP contribution is -2.43. The normalized spacial score (nSPS) is 17.6. The van der Waals surface area contributed by atoms with Crippen molar-refractivity contribution in [1.29, 1.82) is 0 Å². The molecule has 1 atom stereocenters. The smallest absolute Gasteiger partial charge is 0.214 e. The molecular weight excluding hydrogens is 276 g/mol. The second kappa shape index (κ2) is 8.97. The van der Waals surface area contributed by atoms with Gasteiger partial charge < -0.3 is 10.1 Å². The van der Waals surface area contributed by atoms with E-state index in [9.17, 15) is 8.42 Å². The van der Waals surface area contributed by atoms with E-state index in [1.807, 2.05) is 6.92 Å². The quantitative estimate of drug-likeness (QED) is 0.555. The van der Waals surface area contributed by atoms with E-state index in [1.54, 1.807) is 11.4 Å². The van der Waals surface area contributed by atoms with E-state index in [2.05, 4.69) is 12.2 Å². The molecule has 0 bridgehead atoms. The molecule has 20 heavy (non-hydrogen) atoms. The van der Waals surface area contributed by atoms with Gasteiger partial charge in [0.2, 0.25) is 10.0 Å². The van der Waals surface area contributed by atoms with Gasteiger partial charge in [-0.25, -0.2) is 8.42 Å². The molecule has 0 amide bonds. The molecule has 0 spiro atoms. The summed E-state index contributed by atoms with van der Waals surface area (Å²) >= 11 is 0. The van der Waals surface area contributed by atoms with Crippen LogP contribution in [0.5, 0.6) is 0 Å². The summed E-state index contributed by atoms with van der Waals surface area (Å²) in [7, 11) is -1.55. The number of methoxy groups -OCH3 is 1. The topological polar surface area (TPSA) is 58.6 Å². The Morgan fingerprint density at radius 1 is 1.35 bits per heavy atom. The number of ether oxygens (including phenoxy) is 1. The zero-order valence-corrected chi connectivity index (χ0v) is 13.9. The molecule has 0 heterocycles. The standard InChI is InChI=1S/C14H30N2O3S/c1-4-15-9-5-6-12-20(17,18)16(10-11-19-3)13(2)14-7-8-14/h13-15H,4-12H2,1-3H3. The Bertz CT molecular complexity index is 355. The third kappa shape index (κ3) is 6.08. The van der Waals surface area contributed by atoms with Crippen molar-refractivity contribution in [3.8, 4) is 0 Å². The predicted octanol–water partition coefficient (Wildman–Crippen LogP) is 1.45. The van der Waals surface area contributed by atoms with E-state index in [1.165, 1.54) is 0 Å². The Labute approximate surface area is 124 Å². The minimum Gasteiger partial charge on any atom is -0.383 e. The van der Waals surface area contributed by atoms with Gasteiger partial charge in [0.1, 0.15) is 0 Å². The van der Waals surface area contributed by atoms with Crippen molar-refractivity contribution in [2.24, 2.45) is 5.92 Å². The van der Waals surface area contributed by atoms with Gasteiger partial charge in [0.05, 0.1) is 12.4 Å². The fraction of sp³-hybridized carbons (Fsp3) is 1.00. The van der Waals surface area contributed by atoms with Gasteiger partial charge in [0.15, 0.2) is 0 Å². The molecule has 0 saturated heterocycles. The number of hydrogen-bond acceptors (Lipinski definition) is 4. The highest BCUT2D eigenvalue weighted by atomic mass is 32.2. The summed E-state index contributed by atoms with van der Waals surface area (Å²) in [4.78, 5) is 0. The van der Waals surface area contributed by atoms with E-state index in [4.69, 9.17) is 4.74 Å². The number of nitrogens with one attached hydrogen (secondary N) is 1. The van der Waals surface area contributed by atoms with Crippen LogP contribution in [0.15, 0.2) is 0 Å². The van der Waals surface area contributed by atoms with Crippen molar-refractivity contribution in [3.63, 3.8) is 0 Å². The van der Waals surface area contributed by atoms with Gasteiger partial charge in [-0.1, -0.05) is 6.92 Å². The number of nitrogens with zero attached hydrogens (tertiary/aromatic N) is 1. The minimum absolute atomic E-state index is 0.115. The minimum atomic E-state index is -3.16. The molecule has 0 aromatic carbocycles. The van der Waals surface area contributed by atoms with Crippen molar-refractivity contribution in [3.05, 3.63) is 0 Å². The maximum atomic E-state index is 12.5. The van der Waals surface area contributed by atoms with Crippen molar-refractivity contribution in [1.82, 2.24) is 9.62 Å². The van der Waals surface area contributed by atoms with Gasteiger partial charge >= 0.3 is 0 Å². The molecule has 120 valence electrons. The molecular formula is C14H30N2O3S. The molecule has 1 aliphatic carbocycles. The van der Waals surface area contributed by atoms with Crippen LogP contribution in [0.2, 0.25) is 0 Å². The zero-order valence-electron chi connectivity index (χ0n) is 13.1. The van der Waals surface area contributed by atoms with Crippen LogP contribution in [-0.2, 0) is 14.8 Å². The number of unbranched alkanes of at least 4 members (excludes halogenated alkanes) is 1. The molecule has 0 aromatic heterocycles. The summed E-state index contributed by atoms with van der Waals surface area (Å²) in [6.45, 7) is 6.86. The molecule has 1 aliphatic rings. The summed E-state index contributed by atoms with van der Waals surface area (Å²) in [5.41, 5.74) is 0. The Balaban J connectivity index is 2.48. The van der Waals surface area contributed by atoms with E-state index < -0.39 is 10.0 Å². The molecule has 1 rings (SSSR count). The molecule has 0 aromatic rings. The van der Waals surface area contributed by atoms with Crippen LogP contribution in [0.25, 0.3) is 0 Å². The van der Waals surface area contributed by atoms with Crippen LogP contribution in [0.1, 0.15) is 39.5 Å². The number of hydrogen-bond donors (Lipinski definition) is 1. The first kappa shape index (κ1) is 17.9. The molecule has 5 nitrogen and oxygen atoms in total. The fourth-order valence-corrected chi connectivity index (χ4v) is 4.25. The van der Waals surface area contributed by atoms with Gasteiger partial charge in [-0.2, -0.15) is 4.31 Å². The first-order chi connectivity index (χ1) is 9.53. The fourth-order valence-electron chi connectivity index (χ4n) is 2.42. The second-order valence-electron chi connectivity index (χ2n) is 5.56. The molecule has 0 radical (unpaired) electrons. The lowest BCUT2D eigenvalue weighted by atomic mass is 10.2. The van der Waals surface area contributed by atoms with Gasteiger partial charge in [-0.05, 0) is 51.6 Å². The summed E-state index contributed by atoms with van der Waals surface area (Å²) in [6.07, 6.45) is 3.93. The highest BCUT2D eigenvalue weighted by molar-refractivity contribution is 7.89. The van der Waals surface area contributed by atoms with E-state index in [-0.39, 0.29) is 11.8 Å². The maximum Gasteiger partial charge on any atom is 0.214 e. The second-order valence-corrected chi connectivity index (χ2v) is 7.60. The van der Waals surface area contributed by atoms with Gasteiger partial charge in [-0.15, -0.1) is 0 Å². The first-order valence-corrected chi connectivity index (χ1v) is 9.33. The van der Waals surface area contributed by atoms with Crippen LogP contribution < -0.4 is 5.32 Å². The molecule has 6 heteroatoms. The van der Waals surface area contributed by atoms with Gasteiger partial charge in [0, 0.05) is 19.7 Å². The van der Waals surface area contributed by atoms with E-state index in [0.717, 1.165) is 38.8 Å². The summed E-state index contributed by atoms with van der Waals surface area (Å²) in [5.74, 6) is 0.794. The Morgan fingerprint density at radius 2 is 2.05 bits per heavy atom. The van der Waals surface area contributed by atoms with Gasteiger partial charge in [0.25, 0.3) is 0 Å². The average Bonchev–Trinajstić information content (AvgIpc) is 3.22. The van der Waals surface area contributed by atoms with Crippen molar-refractivity contribution in [2.75, 3.05) is 39.1 Å². The predicted molar refractivity (Wildman–Crippen MR) is 82.3 cm³/mol. The zero-order chi connectivity index (χ0) is 15.0. The van der Waals surface area contributed by atoms with Crippen molar-refractivity contribution in [2.45, 2.75) is 45.6 Å². The lowest BCUT2D eigenvalue weighted by molar-refractivity contribution is 0.164. The van der Waals surface area contributed by atoms with Crippen LogP contribution in [0, 0.1) is 5.92 Å². The van der Waals surface area contributed by atoms with Crippen molar-refractivity contribution < 1.29 is 13.2 Å². The monoisotopic (exact) mass is 306 g/mol. The molecule has 1 unspecified atom stereocenters. The highest BCUT2D eigenvalue weighted by Gasteiger charge is 2.36. The Morgan fingerprint density at radius 3 is 2.60 bits per heavy atom. The maximum absolute atomic E-state index is 12.5. The Hall–Kier alpha value is -0.170. The number of sulfonamides is 1. The first-order valence-electron chi connectivity index (χ1n) is 7.72. The largest absolute Gasteiger partial charge is 0.383 e. The third-order valence-corrected chi connectivity index (χ3v) is 5.92. The van der Waals surface area contributed by atoms with Crippen LogP contribution in [-0.4, -0.2) is 57.9 Å². The summed E-state index contributed by atoms with van der Waals surface area (Å²) < 4.78 is 31.7. The number of rotatable bonds is 12. The lowest BCUT2D eigenvalue weighted by Gasteiger charge is -2.28. The molecule has 1 fully saturated rings. The average molecular weight is 306 g/mol. The van der Waals surface area contributed by atoms with Crippen LogP contribution in [0.3, 0.4) is 0 Å². The van der Waals surface area contributed by atoms with Gasteiger partial charge in [-0.3, -0.25) is 0 Å². The van der Waals surface area contributed by atoms with E-state index in [0.29, 0.717) is 19.1 Å². The summed E-state index contributed by atoms with van der Waals surface area (Å²) in [6, 6.07) is 0.115. The van der Waals surface area contributed by atoms with Crippen molar-refractivity contribution >= 4 is 10.0 Å². The summed E-state index contributed by atoms with van der Waals surface area (Å²) in [5, 5.41) is 3.22. The molecule has 0 aliphatic heterocycles. The molecule has 1 saturated carbocycles. The SMILES string of the molecule is CCNCCCCS(=O)(=O)N(CCOC)C(C)C1CC1.